The first-order valence-electron chi connectivity index (χ1n) is 6.88. The van der Waals surface area contributed by atoms with Gasteiger partial charge in [-0.1, -0.05) is 12.2 Å². The zero-order valence-electron chi connectivity index (χ0n) is 9.84. The molecule has 5 rings (SSSR count). The third-order valence-electron chi connectivity index (χ3n) is 5.98. The molecule has 0 aromatic rings. The molecule has 0 amide bonds. The molecule has 2 unspecified atom stereocenters. The third-order valence-corrected chi connectivity index (χ3v) is 5.98. The smallest absolute Gasteiger partial charge is 0.0850 e. The molecule has 92 valence electrons. The minimum absolute atomic E-state index is 0.256. The molecule has 2 heterocycles. The number of aliphatic hydroxyl groups is 1. The van der Waals surface area contributed by atoms with Crippen molar-refractivity contribution in [3.05, 3.63) is 12.2 Å². The van der Waals surface area contributed by atoms with Gasteiger partial charge in [0.2, 0.25) is 0 Å². The molecular formula is C14H18O3. The van der Waals surface area contributed by atoms with Gasteiger partial charge < -0.3 is 14.6 Å². The van der Waals surface area contributed by atoms with Crippen molar-refractivity contribution >= 4 is 0 Å². The maximum atomic E-state index is 10.0. The van der Waals surface area contributed by atoms with Crippen LogP contribution in [0.3, 0.4) is 0 Å². The molecule has 0 aromatic heterocycles. The van der Waals surface area contributed by atoms with Gasteiger partial charge in [0.1, 0.15) is 0 Å². The Morgan fingerprint density at radius 3 is 2.12 bits per heavy atom. The number of aliphatic hydroxyl groups excluding tert-OH is 1. The lowest BCUT2D eigenvalue weighted by molar-refractivity contribution is -0.0382. The van der Waals surface area contributed by atoms with E-state index in [4.69, 9.17) is 9.47 Å². The zero-order valence-corrected chi connectivity index (χ0v) is 9.84. The Balaban J connectivity index is 1.64. The molecule has 0 bridgehead atoms. The molecule has 4 fully saturated rings. The first-order valence-corrected chi connectivity index (χ1v) is 6.88. The van der Waals surface area contributed by atoms with Crippen LogP contribution in [0.25, 0.3) is 0 Å². The molecule has 5 aliphatic rings. The number of hydrogen-bond acceptors (Lipinski definition) is 3. The van der Waals surface area contributed by atoms with E-state index >= 15 is 0 Å². The maximum absolute atomic E-state index is 10.0. The van der Waals surface area contributed by atoms with Crippen molar-refractivity contribution in [2.24, 2.45) is 10.8 Å². The molecular weight excluding hydrogens is 216 g/mol. The number of epoxide rings is 2. The average molecular weight is 234 g/mol. The predicted octanol–water partition coefficient (Wildman–Crippen LogP) is 1.40. The van der Waals surface area contributed by atoms with Crippen LogP contribution in [0.4, 0.5) is 0 Å². The molecule has 2 saturated carbocycles. The van der Waals surface area contributed by atoms with Gasteiger partial charge in [-0.15, -0.1) is 0 Å². The van der Waals surface area contributed by atoms with E-state index in [0.717, 1.165) is 32.1 Å². The molecule has 2 saturated heterocycles. The molecule has 0 radical (unpaired) electrons. The summed E-state index contributed by atoms with van der Waals surface area (Å²) < 4.78 is 11.6. The number of hydrogen-bond donors (Lipinski definition) is 1. The fourth-order valence-electron chi connectivity index (χ4n) is 5.02. The molecule has 7 atom stereocenters. The number of fused-ring (bicyclic) bond motifs is 2. The Morgan fingerprint density at radius 2 is 1.47 bits per heavy atom. The van der Waals surface area contributed by atoms with Crippen LogP contribution in [0, 0.1) is 10.8 Å². The zero-order chi connectivity index (χ0) is 11.3. The van der Waals surface area contributed by atoms with Crippen LogP contribution in [0.5, 0.6) is 0 Å². The summed E-state index contributed by atoms with van der Waals surface area (Å²) in [7, 11) is 0. The van der Waals surface area contributed by atoms with Gasteiger partial charge in [-0.3, -0.25) is 0 Å². The van der Waals surface area contributed by atoms with E-state index in [1.165, 1.54) is 0 Å². The van der Waals surface area contributed by atoms with Crippen LogP contribution >= 0.6 is 0 Å². The lowest BCUT2D eigenvalue weighted by atomic mass is 9.47. The van der Waals surface area contributed by atoms with E-state index in [1.807, 2.05) is 6.08 Å². The molecule has 0 spiro atoms. The summed E-state index contributed by atoms with van der Waals surface area (Å²) in [6.45, 7) is 0. The summed E-state index contributed by atoms with van der Waals surface area (Å²) in [5.74, 6) is 0. The Hall–Kier alpha value is -0.380. The van der Waals surface area contributed by atoms with Crippen molar-refractivity contribution in [2.75, 3.05) is 0 Å². The second-order valence-corrected chi connectivity index (χ2v) is 6.81. The summed E-state index contributed by atoms with van der Waals surface area (Å²) in [5, 5.41) is 10.0. The lowest BCUT2D eigenvalue weighted by Gasteiger charge is -2.56. The minimum Gasteiger partial charge on any atom is -0.389 e. The molecule has 2 aliphatic heterocycles. The van der Waals surface area contributed by atoms with Crippen LogP contribution in [0.2, 0.25) is 0 Å². The lowest BCUT2D eigenvalue weighted by Crippen LogP contribution is -2.53. The largest absolute Gasteiger partial charge is 0.389 e. The van der Waals surface area contributed by atoms with Crippen molar-refractivity contribution in [1.82, 2.24) is 0 Å². The van der Waals surface area contributed by atoms with Crippen LogP contribution in [-0.4, -0.2) is 35.6 Å². The third kappa shape index (κ3) is 1.09. The predicted molar refractivity (Wildman–Crippen MR) is 60.4 cm³/mol. The van der Waals surface area contributed by atoms with Crippen molar-refractivity contribution in [3.8, 4) is 0 Å². The first-order chi connectivity index (χ1) is 8.20. The Labute approximate surface area is 101 Å². The molecule has 0 aromatic carbocycles. The van der Waals surface area contributed by atoms with Crippen molar-refractivity contribution in [3.63, 3.8) is 0 Å². The summed E-state index contributed by atoms with van der Waals surface area (Å²) in [5.41, 5.74) is 0.526. The maximum Gasteiger partial charge on any atom is 0.0850 e. The van der Waals surface area contributed by atoms with E-state index in [2.05, 4.69) is 6.08 Å². The van der Waals surface area contributed by atoms with Gasteiger partial charge >= 0.3 is 0 Å². The van der Waals surface area contributed by atoms with E-state index in [9.17, 15) is 5.11 Å². The van der Waals surface area contributed by atoms with Crippen LogP contribution in [0.15, 0.2) is 12.2 Å². The van der Waals surface area contributed by atoms with Crippen LogP contribution in [0.1, 0.15) is 32.1 Å². The van der Waals surface area contributed by atoms with Crippen molar-refractivity contribution < 1.29 is 14.6 Å². The topological polar surface area (TPSA) is 45.3 Å². The minimum atomic E-state index is -0.256. The SMILES string of the molecule is O[C@@H]1C=CC23C[C@@H]4O[C@@H]4CC2(C1)C[C@H]1O[C@@H]1C3. The highest BCUT2D eigenvalue weighted by molar-refractivity contribution is 5.26. The Kier molecular flexibility index (Phi) is 1.48. The average Bonchev–Trinajstić information content (AvgIpc) is 3.15. The second kappa shape index (κ2) is 2.63. The standard InChI is InChI=1S/C14H18O3/c15-8-1-2-13-4-9-11(16-9)6-14(13,3-8)7-12-10(5-13)17-12/h1-2,8-12,15H,3-7H2/t8-,9-,10+,11-,12-,13?,14?/m1/s1. The van der Waals surface area contributed by atoms with Gasteiger partial charge in [-0.05, 0) is 42.9 Å². The fourth-order valence-corrected chi connectivity index (χ4v) is 5.02. The molecule has 1 N–H and O–H groups in total. The summed E-state index contributed by atoms with van der Waals surface area (Å²) in [6.07, 6.45) is 11.6. The number of ether oxygens (including phenoxy) is 2. The van der Waals surface area contributed by atoms with E-state index in [1.54, 1.807) is 0 Å². The summed E-state index contributed by atoms with van der Waals surface area (Å²) in [6, 6.07) is 0. The van der Waals surface area contributed by atoms with Gasteiger partial charge in [0.25, 0.3) is 0 Å². The number of allylic oxidation sites excluding steroid dienone is 1. The fraction of sp³-hybridized carbons (Fsp3) is 0.857. The van der Waals surface area contributed by atoms with Crippen molar-refractivity contribution in [1.29, 1.82) is 0 Å². The Bertz CT molecular complexity index is 394. The van der Waals surface area contributed by atoms with Gasteiger partial charge in [0.05, 0.1) is 30.5 Å². The molecule has 3 nitrogen and oxygen atoms in total. The van der Waals surface area contributed by atoms with Gasteiger partial charge in [-0.25, -0.2) is 0 Å². The highest BCUT2D eigenvalue weighted by Gasteiger charge is 2.69. The second-order valence-electron chi connectivity index (χ2n) is 6.81. The quantitative estimate of drug-likeness (QED) is 0.509. The van der Waals surface area contributed by atoms with Gasteiger partial charge in [-0.2, -0.15) is 0 Å². The monoisotopic (exact) mass is 234 g/mol. The first kappa shape index (κ1) is 9.54. The van der Waals surface area contributed by atoms with E-state index in [-0.39, 0.29) is 16.9 Å². The molecule has 3 aliphatic carbocycles. The Morgan fingerprint density at radius 1 is 0.882 bits per heavy atom. The highest BCUT2D eigenvalue weighted by Crippen LogP contribution is 2.69. The summed E-state index contributed by atoms with van der Waals surface area (Å²) >= 11 is 0. The van der Waals surface area contributed by atoms with Gasteiger partial charge in [0.15, 0.2) is 0 Å². The summed E-state index contributed by atoms with van der Waals surface area (Å²) in [4.78, 5) is 0. The van der Waals surface area contributed by atoms with Crippen molar-refractivity contribution in [2.45, 2.75) is 62.6 Å². The van der Waals surface area contributed by atoms with Crippen LogP contribution in [-0.2, 0) is 9.47 Å². The van der Waals surface area contributed by atoms with E-state index < -0.39 is 0 Å². The van der Waals surface area contributed by atoms with Gasteiger partial charge in [0, 0.05) is 0 Å². The van der Waals surface area contributed by atoms with E-state index in [0.29, 0.717) is 24.4 Å². The molecule has 17 heavy (non-hydrogen) atoms. The molecule has 3 heteroatoms. The normalized spacial score (nSPS) is 66.3. The number of rotatable bonds is 0. The highest BCUT2D eigenvalue weighted by atomic mass is 16.6. The van der Waals surface area contributed by atoms with Crippen LogP contribution < -0.4 is 0 Å².